The van der Waals surface area contributed by atoms with Crippen LogP contribution < -0.4 is 4.72 Å². The van der Waals surface area contributed by atoms with Crippen LogP contribution in [0.2, 0.25) is 0 Å². The minimum absolute atomic E-state index is 0.169. The number of nitrogens with zero attached hydrogens (tertiary/aromatic N) is 1. The first-order valence-corrected chi connectivity index (χ1v) is 11.3. The van der Waals surface area contributed by atoms with E-state index >= 15 is 0 Å². The molecule has 0 unspecified atom stereocenters. The molecule has 0 atom stereocenters. The third-order valence-electron chi connectivity index (χ3n) is 5.18. The van der Waals surface area contributed by atoms with Crippen molar-refractivity contribution in [3.8, 4) is 0 Å². The number of rotatable bonds is 8. The van der Waals surface area contributed by atoms with Crippen molar-refractivity contribution in [1.82, 2.24) is 0 Å². The number of nitro groups is 1. The molecule has 0 amide bonds. The van der Waals surface area contributed by atoms with Gasteiger partial charge in [0.05, 0.1) is 10.2 Å². The van der Waals surface area contributed by atoms with Crippen LogP contribution in [0.4, 0.5) is 11.4 Å². The van der Waals surface area contributed by atoms with Crippen LogP contribution in [-0.2, 0) is 16.4 Å². The van der Waals surface area contributed by atoms with E-state index in [1.807, 2.05) is 13.0 Å². The van der Waals surface area contributed by atoms with Gasteiger partial charge in [-0.1, -0.05) is 44.4 Å². The molecule has 0 aliphatic heterocycles. The van der Waals surface area contributed by atoms with Gasteiger partial charge in [0.25, 0.3) is 5.69 Å². The number of ketones is 1. The minimum Gasteiger partial charge on any atom is -0.289 e. The number of benzene rings is 2. The molecule has 8 heteroatoms. The lowest BCUT2D eigenvalue weighted by molar-refractivity contribution is -0.383. The first-order valence-electron chi connectivity index (χ1n) is 9.75. The van der Waals surface area contributed by atoms with Crippen LogP contribution in [0.5, 0.6) is 0 Å². The van der Waals surface area contributed by atoms with Gasteiger partial charge in [-0.15, -0.1) is 0 Å². The third-order valence-corrected chi connectivity index (χ3v) is 7.03. The van der Waals surface area contributed by atoms with E-state index in [0.717, 1.165) is 31.2 Å². The maximum atomic E-state index is 12.9. The number of anilines is 1. The van der Waals surface area contributed by atoms with Crippen molar-refractivity contribution >= 4 is 27.2 Å². The molecule has 0 spiro atoms. The fourth-order valence-electron chi connectivity index (χ4n) is 3.68. The maximum Gasteiger partial charge on any atom is 0.293 e. The summed E-state index contributed by atoms with van der Waals surface area (Å²) >= 11 is 0. The minimum atomic E-state index is -3.76. The van der Waals surface area contributed by atoms with Crippen LogP contribution in [0.25, 0.3) is 0 Å². The highest BCUT2D eigenvalue weighted by Crippen LogP contribution is 2.31. The fourth-order valence-corrected chi connectivity index (χ4v) is 5.27. The zero-order valence-electron chi connectivity index (χ0n) is 16.3. The van der Waals surface area contributed by atoms with Gasteiger partial charge >= 0.3 is 0 Å². The van der Waals surface area contributed by atoms with E-state index in [4.69, 9.17) is 0 Å². The molecule has 0 aromatic heterocycles. The Labute approximate surface area is 170 Å². The Kier molecular flexibility index (Phi) is 6.32. The van der Waals surface area contributed by atoms with Gasteiger partial charge in [0, 0.05) is 17.2 Å². The van der Waals surface area contributed by atoms with Crippen molar-refractivity contribution < 1.29 is 18.1 Å². The molecule has 29 heavy (non-hydrogen) atoms. The van der Waals surface area contributed by atoms with E-state index in [1.165, 1.54) is 18.2 Å². The first kappa shape index (κ1) is 21.0. The van der Waals surface area contributed by atoms with E-state index in [9.17, 15) is 23.3 Å². The van der Waals surface area contributed by atoms with E-state index in [1.54, 1.807) is 18.2 Å². The summed E-state index contributed by atoms with van der Waals surface area (Å²) in [5.74, 6) is -0.306. The molecule has 0 radical (unpaired) electrons. The van der Waals surface area contributed by atoms with Crippen LogP contribution in [0.3, 0.4) is 0 Å². The van der Waals surface area contributed by atoms with E-state index in [0.29, 0.717) is 18.4 Å². The van der Waals surface area contributed by atoms with Crippen molar-refractivity contribution in [3.63, 3.8) is 0 Å². The number of carbonyl (C=O) groups excluding carboxylic acids is 1. The Bertz CT molecular complexity index is 1030. The van der Waals surface area contributed by atoms with Crippen molar-refractivity contribution in [2.75, 3.05) is 4.72 Å². The van der Waals surface area contributed by atoms with Crippen molar-refractivity contribution in [2.45, 2.75) is 50.7 Å². The van der Waals surface area contributed by atoms with Crippen molar-refractivity contribution in [1.29, 1.82) is 0 Å². The van der Waals surface area contributed by atoms with Crippen molar-refractivity contribution in [2.24, 2.45) is 0 Å². The number of sulfonamides is 1. The summed E-state index contributed by atoms with van der Waals surface area (Å²) in [5.41, 5.74) is 1.16. The Morgan fingerprint density at radius 2 is 1.83 bits per heavy atom. The SMILES string of the molecule is CCCc1cccc(C(=O)c2ccc([N+](=O)[O-])c(NS(=O)(=O)C3CCCC3)c2)c1. The molecular weight excluding hydrogens is 392 g/mol. The lowest BCUT2D eigenvalue weighted by atomic mass is 9.99. The molecule has 0 bridgehead atoms. The van der Waals surface area contributed by atoms with Gasteiger partial charge in [-0.25, -0.2) is 8.42 Å². The van der Waals surface area contributed by atoms with Gasteiger partial charge in [0.1, 0.15) is 5.69 Å². The van der Waals surface area contributed by atoms with E-state index in [2.05, 4.69) is 4.72 Å². The van der Waals surface area contributed by atoms with Crippen molar-refractivity contribution in [3.05, 3.63) is 69.3 Å². The maximum absolute atomic E-state index is 12.9. The van der Waals surface area contributed by atoms with Crippen LogP contribution in [0.15, 0.2) is 42.5 Å². The summed E-state index contributed by atoms with van der Waals surface area (Å²) in [6.45, 7) is 2.05. The molecule has 3 rings (SSSR count). The standard InChI is InChI=1S/C21H24N2O5S/c1-2-6-15-7-5-8-16(13-15)21(24)17-11-12-20(23(25)26)19(14-17)22-29(27,28)18-9-3-4-10-18/h5,7-8,11-14,18,22H,2-4,6,9-10H2,1H3. The number of carbonyl (C=O) groups is 1. The number of hydrogen-bond acceptors (Lipinski definition) is 5. The summed E-state index contributed by atoms with van der Waals surface area (Å²) in [5, 5.41) is 10.8. The lowest BCUT2D eigenvalue weighted by Crippen LogP contribution is -2.25. The van der Waals surface area contributed by atoms with E-state index < -0.39 is 20.2 Å². The van der Waals surface area contributed by atoms with Gasteiger partial charge in [-0.05, 0) is 43.0 Å². The molecular formula is C21H24N2O5S. The quantitative estimate of drug-likeness (QED) is 0.388. The molecule has 1 N–H and O–H groups in total. The highest BCUT2D eigenvalue weighted by atomic mass is 32.2. The molecule has 7 nitrogen and oxygen atoms in total. The first-order chi connectivity index (χ1) is 13.8. The van der Waals surface area contributed by atoms with Crippen LogP contribution in [-0.4, -0.2) is 24.4 Å². The molecule has 1 fully saturated rings. The highest BCUT2D eigenvalue weighted by Gasteiger charge is 2.31. The zero-order chi connectivity index (χ0) is 21.0. The monoisotopic (exact) mass is 416 g/mol. The van der Waals surface area contributed by atoms with Gasteiger partial charge in [0.2, 0.25) is 10.0 Å². The fraction of sp³-hybridized carbons (Fsp3) is 0.381. The topological polar surface area (TPSA) is 106 Å². The molecule has 1 aliphatic carbocycles. The average Bonchev–Trinajstić information content (AvgIpc) is 3.23. The molecule has 1 aliphatic rings. The molecule has 0 saturated heterocycles. The zero-order valence-corrected chi connectivity index (χ0v) is 17.1. The Balaban J connectivity index is 1.95. The number of aryl methyl sites for hydroxylation is 1. The second kappa shape index (κ2) is 8.73. The summed E-state index contributed by atoms with van der Waals surface area (Å²) in [4.78, 5) is 23.6. The largest absolute Gasteiger partial charge is 0.293 e. The Hall–Kier alpha value is -2.74. The summed E-state index contributed by atoms with van der Waals surface area (Å²) < 4.78 is 27.6. The highest BCUT2D eigenvalue weighted by molar-refractivity contribution is 7.93. The summed E-state index contributed by atoms with van der Waals surface area (Å²) in [7, 11) is -3.76. The number of nitro benzene ring substituents is 1. The van der Waals surface area contributed by atoms with Gasteiger partial charge in [0.15, 0.2) is 5.78 Å². The number of nitrogens with one attached hydrogen (secondary N) is 1. The second-order valence-corrected chi connectivity index (χ2v) is 9.28. The van der Waals surface area contributed by atoms with E-state index in [-0.39, 0.29) is 22.7 Å². The lowest BCUT2D eigenvalue weighted by Gasteiger charge is -2.14. The second-order valence-electron chi connectivity index (χ2n) is 7.32. The summed E-state index contributed by atoms with van der Waals surface area (Å²) in [6, 6.07) is 11.0. The van der Waals surface area contributed by atoms with Crippen LogP contribution in [0.1, 0.15) is 60.5 Å². The van der Waals surface area contributed by atoms with Gasteiger partial charge < -0.3 is 0 Å². The third kappa shape index (κ3) is 4.82. The average molecular weight is 416 g/mol. The van der Waals surface area contributed by atoms with Crippen LogP contribution >= 0.6 is 0 Å². The summed E-state index contributed by atoms with van der Waals surface area (Å²) in [6.07, 6.45) is 4.49. The predicted octanol–water partition coefficient (Wildman–Crippen LogP) is 4.46. The molecule has 2 aromatic rings. The van der Waals surface area contributed by atoms with Gasteiger partial charge in [-0.2, -0.15) is 0 Å². The Morgan fingerprint density at radius 3 is 2.48 bits per heavy atom. The Morgan fingerprint density at radius 1 is 1.14 bits per heavy atom. The predicted molar refractivity (Wildman–Crippen MR) is 112 cm³/mol. The molecule has 0 heterocycles. The molecule has 154 valence electrons. The smallest absolute Gasteiger partial charge is 0.289 e. The molecule has 2 aromatic carbocycles. The van der Waals surface area contributed by atoms with Crippen LogP contribution in [0, 0.1) is 10.1 Å². The molecule has 1 saturated carbocycles. The number of hydrogen-bond donors (Lipinski definition) is 1. The van der Waals surface area contributed by atoms with Gasteiger partial charge in [-0.3, -0.25) is 19.6 Å². The normalized spacial score (nSPS) is 14.7.